The number of β-amino-alcohol motifs (C(OH)–C–C–N with tert-alkyl or cyclic N) is 1. The van der Waals surface area contributed by atoms with E-state index in [4.69, 9.17) is 16.7 Å². The van der Waals surface area contributed by atoms with Crippen molar-refractivity contribution in [2.75, 3.05) is 19.7 Å². The van der Waals surface area contributed by atoms with Crippen molar-refractivity contribution in [3.63, 3.8) is 0 Å². The van der Waals surface area contributed by atoms with Crippen molar-refractivity contribution in [2.45, 2.75) is 12.5 Å². The monoisotopic (exact) mass is 336 g/mol. The standard InChI is InChI=1S/C15H17ClN4O3/c16-11-3-1-2-4-13(11)20-7-12(17-18-20)15(23)19-6-5-10(9-21)14(22)8-19/h1-4,7,10,14,21-22H,5-6,8-9H2. The number of piperidine rings is 1. The van der Waals surface area contributed by atoms with E-state index in [2.05, 4.69) is 10.3 Å². The van der Waals surface area contributed by atoms with Crippen LogP contribution in [0.25, 0.3) is 5.69 Å². The molecule has 2 aromatic rings. The number of carbonyl (C=O) groups is 1. The molecule has 2 unspecified atom stereocenters. The highest BCUT2D eigenvalue weighted by Gasteiger charge is 2.31. The van der Waals surface area contributed by atoms with Crippen molar-refractivity contribution in [1.29, 1.82) is 0 Å². The van der Waals surface area contributed by atoms with E-state index >= 15 is 0 Å². The minimum atomic E-state index is -0.726. The van der Waals surface area contributed by atoms with Crippen LogP contribution >= 0.6 is 11.6 Å². The molecule has 0 aliphatic carbocycles. The summed E-state index contributed by atoms with van der Waals surface area (Å²) in [4.78, 5) is 14.0. The van der Waals surface area contributed by atoms with Gasteiger partial charge in [-0.05, 0) is 18.6 Å². The van der Waals surface area contributed by atoms with Crippen LogP contribution < -0.4 is 0 Å². The number of benzene rings is 1. The Morgan fingerprint density at radius 3 is 2.87 bits per heavy atom. The van der Waals surface area contributed by atoms with E-state index in [9.17, 15) is 9.90 Å². The molecule has 23 heavy (non-hydrogen) atoms. The van der Waals surface area contributed by atoms with Crippen LogP contribution in [0.1, 0.15) is 16.9 Å². The van der Waals surface area contributed by atoms with Crippen molar-refractivity contribution >= 4 is 17.5 Å². The topological polar surface area (TPSA) is 91.5 Å². The van der Waals surface area contributed by atoms with E-state index in [1.54, 1.807) is 12.1 Å². The van der Waals surface area contributed by atoms with Gasteiger partial charge in [-0.1, -0.05) is 28.9 Å². The number of aliphatic hydroxyl groups is 2. The van der Waals surface area contributed by atoms with Crippen LogP contribution in [-0.2, 0) is 0 Å². The van der Waals surface area contributed by atoms with Gasteiger partial charge >= 0.3 is 0 Å². The van der Waals surface area contributed by atoms with Crippen LogP contribution in [0.15, 0.2) is 30.5 Å². The Morgan fingerprint density at radius 2 is 2.17 bits per heavy atom. The van der Waals surface area contributed by atoms with Gasteiger partial charge in [-0.3, -0.25) is 4.79 Å². The average Bonchev–Trinajstić information content (AvgIpc) is 3.04. The number of nitrogens with zero attached hydrogens (tertiary/aromatic N) is 4. The summed E-state index contributed by atoms with van der Waals surface area (Å²) in [7, 11) is 0. The molecule has 122 valence electrons. The Labute approximate surface area is 138 Å². The number of hydrogen-bond acceptors (Lipinski definition) is 5. The number of amides is 1. The molecule has 1 amide bonds. The predicted molar refractivity (Wildman–Crippen MR) is 83.5 cm³/mol. The number of hydrogen-bond donors (Lipinski definition) is 2. The van der Waals surface area contributed by atoms with Crippen molar-refractivity contribution < 1.29 is 15.0 Å². The van der Waals surface area contributed by atoms with Gasteiger partial charge in [-0.25, -0.2) is 4.68 Å². The van der Waals surface area contributed by atoms with Crippen LogP contribution in [0.2, 0.25) is 5.02 Å². The van der Waals surface area contributed by atoms with E-state index in [-0.39, 0.29) is 30.7 Å². The SMILES string of the molecule is O=C(c1cn(-c2ccccc2Cl)nn1)N1CCC(CO)C(O)C1. The highest BCUT2D eigenvalue weighted by Crippen LogP contribution is 2.21. The molecule has 0 saturated carbocycles. The Morgan fingerprint density at radius 1 is 1.39 bits per heavy atom. The molecular weight excluding hydrogens is 320 g/mol. The molecule has 7 nitrogen and oxygen atoms in total. The van der Waals surface area contributed by atoms with Gasteiger partial charge in [-0.2, -0.15) is 0 Å². The highest BCUT2D eigenvalue weighted by molar-refractivity contribution is 6.32. The zero-order chi connectivity index (χ0) is 16.4. The molecule has 8 heteroatoms. The lowest BCUT2D eigenvalue weighted by Gasteiger charge is -2.34. The molecule has 2 heterocycles. The third-order valence-electron chi connectivity index (χ3n) is 4.05. The van der Waals surface area contributed by atoms with Gasteiger partial charge in [0.1, 0.15) is 0 Å². The first-order valence-electron chi connectivity index (χ1n) is 7.35. The molecule has 1 fully saturated rings. The van der Waals surface area contributed by atoms with Crippen molar-refractivity contribution in [1.82, 2.24) is 19.9 Å². The molecule has 0 spiro atoms. The summed E-state index contributed by atoms with van der Waals surface area (Å²) in [5, 5.41) is 27.5. The number of aromatic nitrogens is 3. The maximum atomic E-state index is 12.5. The molecule has 2 atom stereocenters. The zero-order valence-corrected chi connectivity index (χ0v) is 13.1. The van der Waals surface area contributed by atoms with Crippen LogP contribution in [0.3, 0.4) is 0 Å². The van der Waals surface area contributed by atoms with Gasteiger partial charge in [0, 0.05) is 25.6 Å². The van der Waals surface area contributed by atoms with Crippen LogP contribution in [0, 0.1) is 5.92 Å². The molecule has 3 rings (SSSR count). The first-order chi connectivity index (χ1) is 11.1. The van der Waals surface area contributed by atoms with Gasteiger partial charge in [-0.15, -0.1) is 5.10 Å². The molecule has 0 radical (unpaired) electrons. The average molecular weight is 337 g/mol. The second kappa shape index (κ2) is 6.66. The molecule has 1 aromatic heterocycles. The summed E-state index contributed by atoms with van der Waals surface area (Å²) in [6, 6.07) is 7.14. The Bertz CT molecular complexity index is 706. The second-order valence-electron chi connectivity index (χ2n) is 5.55. The number of carbonyl (C=O) groups excluding carboxylic acids is 1. The Balaban J connectivity index is 1.76. The molecule has 1 aromatic carbocycles. The first kappa shape index (κ1) is 15.9. The first-order valence-corrected chi connectivity index (χ1v) is 7.73. The van der Waals surface area contributed by atoms with Crippen molar-refractivity contribution in [3.8, 4) is 5.69 Å². The molecule has 1 aliphatic rings. The molecule has 1 aliphatic heterocycles. The maximum Gasteiger partial charge on any atom is 0.276 e. The van der Waals surface area contributed by atoms with Crippen LogP contribution in [-0.4, -0.2) is 61.8 Å². The van der Waals surface area contributed by atoms with Gasteiger partial charge < -0.3 is 15.1 Å². The Hall–Kier alpha value is -1.96. The van der Waals surface area contributed by atoms with Crippen molar-refractivity contribution in [3.05, 3.63) is 41.2 Å². The summed E-state index contributed by atoms with van der Waals surface area (Å²) >= 11 is 6.11. The lowest BCUT2D eigenvalue weighted by Crippen LogP contribution is -2.47. The molecular formula is C15H17ClN4O3. The third-order valence-corrected chi connectivity index (χ3v) is 4.37. The minimum absolute atomic E-state index is 0.0775. The minimum Gasteiger partial charge on any atom is -0.396 e. The van der Waals surface area contributed by atoms with E-state index in [1.165, 1.54) is 15.8 Å². The fourth-order valence-corrected chi connectivity index (χ4v) is 2.88. The van der Waals surface area contributed by atoms with E-state index in [0.29, 0.717) is 23.7 Å². The van der Waals surface area contributed by atoms with Gasteiger partial charge in [0.15, 0.2) is 5.69 Å². The number of para-hydroxylation sites is 1. The predicted octanol–water partition coefficient (Wildman–Crippen LogP) is 0.736. The van der Waals surface area contributed by atoms with E-state index in [0.717, 1.165) is 0 Å². The summed E-state index contributed by atoms with van der Waals surface area (Å²) < 4.78 is 1.45. The van der Waals surface area contributed by atoms with Crippen LogP contribution in [0.4, 0.5) is 0 Å². The summed E-state index contributed by atoms with van der Waals surface area (Å²) in [6.45, 7) is 0.578. The fraction of sp³-hybridized carbons (Fsp3) is 0.400. The molecule has 1 saturated heterocycles. The van der Waals surface area contributed by atoms with Gasteiger partial charge in [0.25, 0.3) is 5.91 Å². The van der Waals surface area contributed by atoms with Crippen molar-refractivity contribution in [2.24, 2.45) is 5.92 Å². The third kappa shape index (κ3) is 3.21. The zero-order valence-electron chi connectivity index (χ0n) is 12.3. The van der Waals surface area contributed by atoms with E-state index in [1.807, 2.05) is 12.1 Å². The smallest absolute Gasteiger partial charge is 0.276 e. The number of aliphatic hydroxyl groups excluding tert-OH is 2. The van der Waals surface area contributed by atoms with Crippen LogP contribution in [0.5, 0.6) is 0 Å². The highest BCUT2D eigenvalue weighted by atomic mass is 35.5. The quantitative estimate of drug-likeness (QED) is 0.862. The Kier molecular flexibility index (Phi) is 4.61. The second-order valence-corrected chi connectivity index (χ2v) is 5.96. The molecule has 2 N–H and O–H groups in total. The number of rotatable bonds is 3. The fourth-order valence-electron chi connectivity index (χ4n) is 2.66. The van der Waals surface area contributed by atoms with E-state index < -0.39 is 6.10 Å². The largest absolute Gasteiger partial charge is 0.396 e. The number of likely N-dealkylation sites (tertiary alicyclic amines) is 1. The summed E-state index contributed by atoms with van der Waals surface area (Å²) in [5.74, 6) is -0.475. The lowest BCUT2D eigenvalue weighted by atomic mass is 9.94. The summed E-state index contributed by atoms with van der Waals surface area (Å²) in [5.41, 5.74) is 0.833. The van der Waals surface area contributed by atoms with Gasteiger partial charge in [0.2, 0.25) is 0 Å². The molecule has 0 bridgehead atoms. The lowest BCUT2D eigenvalue weighted by molar-refractivity contribution is 0.000654. The normalized spacial score (nSPS) is 21.4. The van der Waals surface area contributed by atoms with Gasteiger partial charge in [0.05, 0.1) is 23.0 Å². The maximum absolute atomic E-state index is 12.5. The number of halogens is 1. The summed E-state index contributed by atoms with van der Waals surface area (Å²) in [6.07, 6.45) is 1.35.